The van der Waals surface area contributed by atoms with Crippen LogP contribution in [0, 0.1) is 5.41 Å². The quantitative estimate of drug-likeness (QED) is 0.321. The van der Waals surface area contributed by atoms with Crippen LogP contribution in [0.4, 0.5) is 0 Å². The molecule has 1 saturated carbocycles. The van der Waals surface area contributed by atoms with Gasteiger partial charge in [0.25, 0.3) is 0 Å². The van der Waals surface area contributed by atoms with Crippen LogP contribution in [0.15, 0.2) is 54.1 Å². The maximum Gasteiger partial charge on any atom is 0.193 e. The van der Waals surface area contributed by atoms with Crippen LogP contribution < -0.4 is 4.74 Å². The summed E-state index contributed by atoms with van der Waals surface area (Å²) in [4.78, 5) is 18.8. The molecule has 6 rings (SSSR count). The summed E-state index contributed by atoms with van der Waals surface area (Å²) in [6.45, 7) is 9.42. The molecule has 2 aromatic rings. The van der Waals surface area contributed by atoms with E-state index in [0.717, 1.165) is 63.0 Å². The summed E-state index contributed by atoms with van der Waals surface area (Å²) in [6, 6.07) is 13.5. The van der Waals surface area contributed by atoms with Crippen LogP contribution in [0.2, 0.25) is 0 Å². The smallest absolute Gasteiger partial charge is 0.193 e. The second-order valence-electron chi connectivity index (χ2n) is 13.3. The molecule has 4 unspecified atom stereocenters. The highest BCUT2D eigenvalue weighted by Crippen LogP contribution is 2.58. The van der Waals surface area contributed by atoms with E-state index in [2.05, 4.69) is 41.9 Å². The van der Waals surface area contributed by atoms with E-state index < -0.39 is 17.1 Å². The molecule has 234 valence electrons. The Hall–Kier alpha value is -2.55. The van der Waals surface area contributed by atoms with Crippen molar-refractivity contribution in [2.24, 2.45) is 5.41 Å². The third kappa shape index (κ3) is 6.91. The fraction of sp³-hybridized carbons (Fsp3) is 0.583. The zero-order chi connectivity index (χ0) is 30.6. The van der Waals surface area contributed by atoms with Crippen molar-refractivity contribution in [2.45, 2.75) is 76.4 Å². The van der Waals surface area contributed by atoms with Crippen molar-refractivity contribution >= 4 is 5.78 Å². The van der Waals surface area contributed by atoms with Gasteiger partial charge in [-0.1, -0.05) is 30.7 Å². The Morgan fingerprint density at radius 2 is 1.74 bits per heavy atom. The van der Waals surface area contributed by atoms with Gasteiger partial charge < -0.3 is 20.1 Å². The monoisotopic (exact) mass is 590 g/mol. The normalized spacial score (nSPS) is 29.1. The number of rotatable bonds is 7. The third-order valence-electron chi connectivity index (χ3n) is 10.6. The van der Waals surface area contributed by atoms with Gasteiger partial charge in [0.1, 0.15) is 5.75 Å². The molecule has 2 bridgehead atoms. The number of carbonyl (C=O) groups is 1. The lowest BCUT2D eigenvalue weighted by Crippen LogP contribution is -2.56. The SMILES string of the molecule is COc1ccc(C(=O)c2cc3ccc2C2CCC(O)(CN4CCN(CCO)CC4)C2(C)CCC=C(C)CCC(O)C3)cc1. The highest BCUT2D eigenvalue weighted by molar-refractivity contribution is 6.10. The van der Waals surface area contributed by atoms with Crippen molar-refractivity contribution in [1.82, 2.24) is 9.80 Å². The minimum Gasteiger partial charge on any atom is -0.497 e. The van der Waals surface area contributed by atoms with Crippen molar-refractivity contribution in [3.8, 4) is 5.75 Å². The summed E-state index contributed by atoms with van der Waals surface area (Å²) < 4.78 is 5.33. The molecule has 0 aromatic heterocycles. The fourth-order valence-corrected chi connectivity index (χ4v) is 7.78. The van der Waals surface area contributed by atoms with Gasteiger partial charge in [-0.05, 0) is 99.2 Å². The van der Waals surface area contributed by atoms with Crippen LogP contribution in [-0.4, -0.2) is 95.6 Å². The Morgan fingerprint density at radius 3 is 2.44 bits per heavy atom. The molecule has 1 saturated heterocycles. The molecule has 7 heteroatoms. The lowest BCUT2D eigenvalue weighted by molar-refractivity contribution is -0.0888. The van der Waals surface area contributed by atoms with E-state index in [4.69, 9.17) is 4.74 Å². The molecule has 3 aliphatic carbocycles. The van der Waals surface area contributed by atoms with Gasteiger partial charge in [0, 0.05) is 55.8 Å². The highest BCUT2D eigenvalue weighted by atomic mass is 16.5. The first-order valence-corrected chi connectivity index (χ1v) is 16.1. The van der Waals surface area contributed by atoms with Crippen molar-refractivity contribution in [1.29, 1.82) is 0 Å². The molecular weight excluding hydrogens is 540 g/mol. The number of β-amino-alcohol motifs (C(OH)–C–C–N with tert-alkyl or cyclic N) is 2. The summed E-state index contributed by atoms with van der Waals surface area (Å²) in [5.74, 6) is 0.688. The van der Waals surface area contributed by atoms with Gasteiger partial charge in [-0.3, -0.25) is 14.6 Å². The number of aliphatic hydroxyl groups excluding tert-OH is 2. The van der Waals surface area contributed by atoms with Gasteiger partial charge >= 0.3 is 0 Å². The van der Waals surface area contributed by atoms with Gasteiger partial charge in [0.2, 0.25) is 0 Å². The number of ketones is 1. The summed E-state index contributed by atoms with van der Waals surface area (Å²) in [5, 5.41) is 32.8. The van der Waals surface area contributed by atoms with Crippen LogP contribution in [0.3, 0.4) is 0 Å². The van der Waals surface area contributed by atoms with Gasteiger partial charge in [-0.25, -0.2) is 0 Å². The number of hydrogen-bond acceptors (Lipinski definition) is 7. The number of ether oxygens (including phenoxy) is 1. The van der Waals surface area contributed by atoms with Gasteiger partial charge in [0.05, 0.1) is 25.4 Å². The van der Waals surface area contributed by atoms with E-state index in [1.165, 1.54) is 5.57 Å². The molecular formula is C36H50N2O5. The third-order valence-corrected chi connectivity index (χ3v) is 10.6. The average molecular weight is 591 g/mol. The predicted molar refractivity (Wildman–Crippen MR) is 170 cm³/mol. The number of nitrogens with zero attached hydrogens (tertiary/aromatic N) is 2. The van der Waals surface area contributed by atoms with Crippen molar-refractivity contribution in [3.05, 3.63) is 76.4 Å². The molecule has 3 N–H and O–H groups in total. The zero-order valence-corrected chi connectivity index (χ0v) is 26.2. The van der Waals surface area contributed by atoms with E-state index in [1.54, 1.807) is 7.11 Å². The molecule has 0 spiro atoms. The first-order chi connectivity index (χ1) is 20.7. The van der Waals surface area contributed by atoms with E-state index >= 15 is 0 Å². The molecule has 43 heavy (non-hydrogen) atoms. The number of benzene rings is 2. The Kier molecular flexibility index (Phi) is 10.1. The number of piperazine rings is 1. The predicted octanol–water partition coefficient (Wildman–Crippen LogP) is 4.57. The molecule has 1 heterocycles. The summed E-state index contributed by atoms with van der Waals surface area (Å²) in [6.07, 6.45) is 6.99. The van der Waals surface area contributed by atoms with E-state index in [-0.39, 0.29) is 18.3 Å². The lowest BCUT2D eigenvalue weighted by Gasteiger charge is -2.47. The molecule has 2 fully saturated rings. The number of hydrogen-bond donors (Lipinski definition) is 3. The van der Waals surface area contributed by atoms with E-state index in [0.29, 0.717) is 49.2 Å². The molecule has 4 aliphatic rings. The van der Waals surface area contributed by atoms with Gasteiger partial charge in [-0.2, -0.15) is 0 Å². The standard InChI is InChI=1S/C36H50N2O5/c1-26-5-4-15-35(2)33(14-16-36(35,42)25-38-19-17-37(18-20-38)21-22-39)31-13-7-27(23-29(40)10-6-26)24-32(31)34(41)28-8-11-30(43-3)12-9-28/h5,7-9,11-13,24,29,33,39-40,42H,4,6,10,14-23,25H2,1-3H3. The number of carbonyl (C=O) groups excluding carboxylic acids is 1. The van der Waals surface area contributed by atoms with Crippen molar-refractivity contribution in [3.63, 3.8) is 0 Å². The van der Waals surface area contributed by atoms with Gasteiger partial charge in [0.15, 0.2) is 5.78 Å². The minimum absolute atomic E-state index is 0.0148. The second kappa shape index (κ2) is 13.6. The molecule has 2 aromatic carbocycles. The molecule has 7 nitrogen and oxygen atoms in total. The molecule has 1 aliphatic heterocycles. The number of fused-ring (bicyclic) bond motifs is 8. The molecule has 0 radical (unpaired) electrons. The van der Waals surface area contributed by atoms with Crippen LogP contribution in [-0.2, 0) is 6.42 Å². The maximum atomic E-state index is 14.2. The van der Waals surface area contributed by atoms with Crippen LogP contribution >= 0.6 is 0 Å². The maximum absolute atomic E-state index is 14.2. The molecule has 4 atom stereocenters. The first kappa shape index (κ1) is 31.9. The topological polar surface area (TPSA) is 93.5 Å². The Balaban J connectivity index is 1.53. The second-order valence-corrected chi connectivity index (χ2v) is 13.3. The largest absolute Gasteiger partial charge is 0.497 e. The number of methoxy groups -OCH3 is 1. The number of allylic oxidation sites excluding steroid dienone is 2. The highest BCUT2D eigenvalue weighted by Gasteiger charge is 2.57. The van der Waals surface area contributed by atoms with Crippen LogP contribution in [0.5, 0.6) is 5.75 Å². The Labute approximate surface area is 257 Å². The fourth-order valence-electron chi connectivity index (χ4n) is 7.78. The average Bonchev–Trinajstić information content (AvgIpc) is 3.25. The summed E-state index contributed by atoms with van der Waals surface area (Å²) in [5.41, 5.74) is 3.19. The van der Waals surface area contributed by atoms with Crippen molar-refractivity contribution < 1.29 is 24.9 Å². The summed E-state index contributed by atoms with van der Waals surface area (Å²) >= 11 is 0. The number of aliphatic hydroxyl groups is 3. The van der Waals surface area contributed by atoms with Crippen LogP contribution in [0.25, 0.3) is 0 Å². The Bertz CT molecular complexity index is 1290. The summed E-state index contributed by atoms with van der Waals surface area (Å²) in [7, 11) is 1.62. The molecule has 0 amide bonds. The van der Waals surface area contributed by atoms with E-state index in [9.17, 15) is 20.1 Å². The van der Waals surface area contributed by atoms with Gasteiger partial charge in [-0.15, -0.1) is 0 Å². The minimum atomic E-state index is -0.898. The van der Waals surface area contributed by atoms with Crippen molar-refractivity contribution in [2.75, 3.05) is 53.0 Å². The Morgan fingerprint density at radius 1 is 1.02 bits per heavy atom. The van der Waals surface area contributed by atoms with Crippen LogP contribution in [0.1, 0.15) is 85.3 Å². The zero-order valence-electron chi connectivity index (χ0n) is 26.2. The first-order valence-electron chi connectivity index (χ1n) is 16.1. The lowest BCUT2D eigenvalue weighted by atomic mass is 9.64. The van der Waals surface area contributed by atoms with E-state index in [1.807, 2.05) is 30.3 Å².